The van der Waals surface area contributed by atoms with E-state index in [9.17, 15) is 9.59 Å². The second-order valence-corrected chi connectivity index (χ2v) is 9.40. The van der Waals surface area contributed by atoms with Crippen LogP contribution in [0.3, 0.4) is 0 Å². The summed E-state index contributed by atoms with van der Waals surface area (Å²) in [6, 6.07) is 17.3. The van der Waals surface area contributed by atoms with Gasteiger partial charge < -0.3 is 14.8 Å². The zero-order chi connectivity index (χ0) is 22.6. The fraction of sp³-hybridized carbons (Fsp3) is 0.280. The van der Waals surface area contributed by atoms with Crippen LogP contribution in [-0.4, -0.2) is 25.6 Å². The highest BCUT2D eigenvalue weighted by Gasteiger charge is 2.25. The molecular weight excluding hydrogens is 410 g/mol. The number of esters is 1. The van der Waals surface area contributed by atoms with Gasteiger partial charge in [0, 0.05) is 10.4 Å². The van der Waals surface area contributed by atoms with Crippen LogP contribution in [-0.2, 0) is 14.9 Å². The van der Waals surface area contributed by atoms with Crippen LogP contribution >= 0.6 is 11.3 Å². The molecule has 0 saturated heterocycles. The molecule has 1 heterocycles. The third-order valence-electron chi connectivity index (χ3n) is 4.84. The highest BCUT2D eigenvalue weighted by molar-refractivity contribution is 7.17. The van der Waals surface area contributed by atoms with E-state index >= 15 is 0 Å². The van der Waals surface area contributed by atoms with Crippen molar-refractivity contribution in [3.63, 3.8) is 0 Å². The van der Waals surface area contributed by atoms with Gasteiger partial charge in [0.25, 0.3) is 5.91 Å². The van der Waals surface area contributed by atoms with Gasteiger partial charge in [-0.15, -0.1) is 11.3 Å². The van der Waals surface area contributed by atoms with Gasteiger partial charge in [0.15, 0.2) is 6.61 Å². The lowest BCUT2D eigenvalue weighted by Crippen LogP contribution is -2.22. The topological polar surface area (TPSA) is 64.6 Å². The van der Waals surface area contributed by atoms with Gasteiger partial charge in [-0.1, -0.05) is 69.3 Å². The predicted octanol–water partition coefficient (Wildman–Crippen LogP) is 5.83. The van der Waals surface area contributed by atoms with Crippen LogP contribution in [0.25, 0.3) is 11.1 Å². The molecule has 0 bridgehead atoms. The highest BCUT2D eigenvalue weighted by atomic mass is 32.1. The molecule has 2 aromatic carbocycles. The van der Waals surface area contributed by atoms with E-state index in [1.165, 1.54) is 18.4 Å². The van der Waals surface area contributed by atoms with E-state index in [2.05, 4.69) is 26.1 Å². The summed E-state index contributed by atoms with van der Waals surface area (Å²) >= 11 is 1.35. The largest absolute Gasteiger partial charge is 0.483 e. The van der Waals surface area contributed by atoms with Gasteiger partial charge in [-0.3, -0.25) is 4.79 Å². The maximum atomic E-state index is 12.7. The van der Waals surface area contributed by atoms with Crippen LogP contribution < -0.4 is 10.1 Å². The Labute approximate surface area is 187 Å². The number of para-hydroxylation sites is 1. The number of carbonyl (C=O) groups is 2. The summed E-state index contributed by atoms with van der Waals surface area (Å²) < 4.78 is 10.8. The quantitative estimate of drug-likeness (QED) is 0.493. The van der Waals surface area contributed by atoms with Crippen molar-refractivity contribution in [2.75, 3.05) is 19.0 Å². The molecular formula is C25H27NO4S. The van der Waals surface area contributed by atoms with Crippen LogP contribution in [0, 0.1) is 6.92 Å². The summed E-state index contributed by atoms with van der Waals surface area (Å²) in [5, 5.41) is 3.30. The van der Waals surface area contributed by atoms with Crippen molar-refractivity contribution in [2.24, 2.45) is 0 Å². The SMILES string of the molecule is COC(=O)c1c(NC(=O)COc2ccccc2C(C)(C)C)sc(C)c1-c1ccccc1. The third-order valence-corrected chi connectivity index (χ3v) is 5.86. The zero-order valence-electron chi connectivity index (χ0n) is 18.4. The first-order chi connectivity index (χ1) is 14.7. The number of ether oxygens (including phenoxy) is 2. The Morgan fingerprint density at radius 2 is 1.65 bits per heavy atom. The molecule has 0 atom stereocenters. The monoisotopic (exact) mass is 437 g/mol. The lowest BCUT2D eigenvalue weighted by Gasteiger charge is -2.22. The van der Waals surface area contributed by atoms with Gasteiger partial charge in [-0.05, 0) is 29.5 Å². The Kier molecular flexibility index (Phi) is 6.81. The average Bonchev–Trinajstić information content (AvgIpc) is 3.07. The molecule has 0 fully saturated rings. The Morgan fingerprint density at radius 3 is 2.29 bits per heavy atom. The van der Waals surface area contributed by atoms with Gasteiger partial charge in [0.2, 0.25) is 0 Å². The number of benzene rings is 2. The number of rotatable bonds is 6. The number of hydrogen-bond donors (Lipinski definition) is 1. The second-order valence-electron chi connectivity index (χ2n) is 8.18. The van der Waals surface area contributed by atoms with E-state index in [-0.39, 0.29) is 17.9 Å². The molecule has 0 spiro atoms. The van der Waals surface area contributed by atoms with E-state index in [0.717, 1.165) is 21.6 Å². The van der Waals surface area contributed by atoms with Gasteiger partial charge in [-0.2, -0.15) is 0 Å². The van der Waals surface area contributed by atoms with Crippen LogP contribution in [0.1, 0.15) is 41.6 Å². The van der Waals surface area contributed by atoms with E-state index < -0.39 is 5.97 Å². The van der Waals surface area contributed by atoms with E-state index in [4.69, 9.17) is 9.47 Å². The van der Waals surface area contributed by atoms with Gasteiger partial charge in [0.1, 0.15) is 16.3 Å². The zero-order valence-corrected chi connectivity index (χ0v) is 19.3. The third kappa shape index (κ3) is 5.14. The van der Waals surface area contributed by atoms with Crippen LogP contribution in [0.15, 0.2) is 54.6 Å². The molecule has 0 unspecified atom stereocenters. The van der Waals surface area contributed by atoms with Gasteiger partial charge in [0.05, 0.1) is 7.11 Å². The molecule has 6 heteroatoms. The van der Waals surface area contributed by atoms with Crippen molar-refractivity contribution < 1.29 is 19.1 Å². The minimum absolute atomic E-state index is 0.111. The standard InChI is InChI=1S/C25H27NO4S/c1-16-21(17-11-7-6-8-12-17)22(24(28)29-5)23(31-16)26-20(27)15-30-19-14-10-9-13-18(19)25(2,3)4/h6-14H,15H2,1-5H3,(H,26,27). The highest BCUT2D eigenvalue weighted by Crippen LogP contribution is 2.40. The molecule has 31 heavy (non-hydrogen) atoms. The molecule has 162 valence electrons. The summed E-state index contributed by atoms with van der Waals surface area (Å²) in [5.41, 5.74) is 2.94. The van der Waals surface area contributed by atoms with Crippen molar-refractivity contribution in [3.05, 3.63) is 70.6 Å². The molecule has 0 radical (unpaired) electrons. The van der Waals surface area contributed by atoms with Crippen LogP contribution in [0.5, 0.6) is 5.75 Å². The smallest absolute Gasteiger partial charge is 0.341 e. The molecule has 0 aliphatic carbocycles. The fourth-order valence-corrected chi connectivity index (χ4v) is 4.48. The predicted molar refractivity (Wildman–Crippen MR) is 125 cm³/mol. The summed E-state index contributed by atoms with van der Waals surface area (Å²) in [6.45, 7) is 8.04. The molecule has 3 rings (SSSR count). The first-order valence-corrected chi connectivity index (χ1v) is 10.8. The first-order valence-electron chi connectivity index (χ1n) is 10.0. The molecule has 3 aromatic rings. The normalized spacial score (nSPS) is 11.1. The summed E-state index contributed by atoms with van der Waals surface area (Å²) in [7, 11) is 1.34. The van der Waals surface area contributed by atoms with E-state index in [0.29, 0.717) is 16.3 Å². The lowest BCUT2D eigenvalue weighted by molar-refractivity contribution is -0.118. The molecule has 1 amide bonds. The Bertz CT molecular complexity index is 1080. The van der Waals surface area contributed by atoms with Crippen molar-refractivity contribution in [3.8, 4) is 16.9 Å². The Balaban J connectivity index is 1.84. The molecule has 0 saturated carbocycles. The van der Waals surface area contributed by atoms with Crippen LogP contribution in [0.2, 0.25) is 0 Å². The van der Waals surface area contributed by atoms with E-state index in [1.54, 1.807) is 0 Å². The second kappa shape index (κ2) is 9.35. The minimum atomic E-state index is -0.488. The van der Waals surface area contributed by atoms with Crippen molar-refractivity contribution in [2.45, 2.75) is 33.1 Å². The maximum absolute atomic E-state index is 12.7. The number of nitrogens with one attached hydrogen (secondary N) is 1. The number of anilines is 1. The van der Waals surface area contributed by atoms with Crippen molar-refractivity contribution in [1.82, 2.24) is 0 Å². The molecule has 5 nitrogen and oxygen atoms in total. The summed E-state index contributed by atoms with van der Waals surface area (Å²) in [6.07, 6.45) is 0. The number of carbonyl (C=O) groups excluding carboxylic acids is 2. The number of methoxy groups -OCH3 is 1. The summed E-state index contributed by atoms with van der Waals surface area (Å²) in [5.74, 6) is -0.155. The molecule has 1 N–H and O–H groups in total. The maximum Gasteiger partial charge on any atom is 0.341 e. The average molecular weight is 438 g/mol. The number of thiophene rings is 1. The fourth-order valence-electron chi connectivity index (χ4n) is 3.40. The lowest BCUT2D eigenvalue weighted by atomic mass is 9.86. The van der Waals surface area contributed by atoms with Crippen LogP contribution in [0.4, 0.5) is 5.00 Å². The first kappa shape index (κ1) is 22.6. The van der Waals surface area contributed by atoms with Gasteiger partial charge in [-0.25, -0.2) is 4.79 Å². The minimum Gasteiger partial charge on any atom is -0.483 e. The number of aryl methyl sites for hydroxylation is 1. The molecule has 0 aliphatic heterocycles. The molecule has 1 aromatic heterocycles. The van der Waals surface area contributed by atoms with E-state index in [1.807, 2.05) is 61.5 Å². The van der Waals surface area contributed by atoms with Gasteiger partial charge >= 0.3 is 5.97 Å². The number of amides is 1. The summed E-state index contributed by atoms with van der Waals surface area (Å²) in [4.78, 5) is 26.2. The van der Waals surface area contributed by atoms with Crippen molar-refractivity contribution >= 4 is 28.2 Å². The number of hydrogen-bond acceptors (Lipinski definition) is 5. The van der Waals surface area contributed by atoms with Crippen molar-refractivity contribution in [1.29, 1.82) is 0 Å². The molecule has 0 aliphatic rings. The Morgan fingerprint density at radius 1 is 1.00 bits per heavy atom. The Hall–Kier alpha value is -3.12.